The van der Waals surface area contributed by atoms with E-state index in [1.807, 2.05) is 6.07 Å². The van der Waals surface area contributed by atoms with Gasteiger partial charge in [-0.2, -0.15) is 0 Å². The van der Waals surface area contributed by atoms with Gasteiger partial charge in [0.1, 0.15) is 0 Å². The molecule has 134 valence electrons. The number of rotatable bonds is 9. The first kappa shape index (κ1) is 19.2. The largest absolute Gasteiger partial charge is 0.396 e. The maximum atomic E-state index is 12.3. The fourth-order valence-electron chi connectivity index (χ4n) is 2.33. The average Bonchev–Trinajstić information content (AvgIpc) is 2.89. The van der Waals surface area contributed by atoms with Gasteiger partial charge < -0.3 is 9.67 Å². The minimum atomic E-state index is -3.47. The van der Waals surface area contributed by atoms with E-state index in [2.05, 4.69) is 16.5 Å². The summed E-state index contributed by atoms with van der Waals surface area (Å²) in [4.78, 5) is 4.89. The van der Waals surface area contributed by atoms with E-state index in [9.17, 15) is 8.42 Å². The monoisotopic (exact) mass is 371 g/mol. The number of fused-ring (bicyclic) bond motifs is 1. The van der Waals surface area contributed by atoms with Crippen LogP contribution in [0.2, 0.25) is 0 Å². The van der Waals surface area contributed by atoms with Gasteiger partial charge in [-0.25, -0.2) is 17.7 Å². The molecule has 0 saturated heterocycles. The van der Waals surface area contributed by atoms with Gasteiger partial charge in [-0.3, -0.25) is 0 Å². The average molecular weight is 372 g/mol. The minimum Gasteiger partial charge on any atom is -0.396 e. The molecule has 0 spiro atoms. The Hall–Kier alpha value is -1.09. The standard InChI is InChI=1S/C16H25N3O3S2/c1-4-5-9-19-15-8-7-13(24(21,22)18(2)3)12-14(15)17-16(19)23-11-6-10-20/h7-8,12,20H,4-6,9-11H2,1-3H3. The maximum absolute atomic E-state index is 12.3. The summed E-state index contributed by atoms with van der Waals surface area (Å²) in [6.45, 7) is 3.15. The Morgan fingerprint density at radius 2 is 2.04 bits per heavy atom. The zero-order chi connectivity index (χ0) is 17.7. The summed E-state index contributed by atoms with van der Waals surface area (Å²) in [5.41, 5.74) is 1.65. The minimum absolute atomic E-state index is 0.160. The van der Waals surface area contributed by atoms with E-state index in [4.69, 9.17) is 5.11 Å². The van der Waals surface area contributed by atoms with Crippen molar-refractivity contribution in [2.24, 2.45) is 0 Å². The predicted molar refractivity (Wildman–Crippen MR) is 97.9 cm³/mol. The molecule has 0 atom stereocenters. The number of hydrogen-bond donors (Lipinski definition) is 1. The molecule has 0 aliphatic rings. The topological polar surface area (TPSA) is 75.4 Å². The van der Waals surface area contributed by atoms with Gasteiger partial charge in [0.15, 0.2) is 5.16 Å². The van der Waals surface area contributed by atoms with Crippen LogP contribution in [0.1, 0.15) is 26.2 Å². The van der Waals surface area contributed by atoms with Gasteiger partial charge in [-0.15, -0.1) is 0 Å². The molecule has 0 bridgehead atoms. The predicted octanol–water partition coefficient (Wildman–Crippen LogP) is 2.56. The molecule has 0 fully saturated rings. The Balaban J connectivity index is 2.45. The molecule has 2 rings (SSSR count). The number of sulfonamides is 1. The molecule has 1 N–H and O–H groups in total. The van der Waals surface area contributed by atoms with Crippen LogP contribution in [0.4, 0.5) is 0 Å². The second-order valence-corrected chi connectivity index (χ2v) is 8.98. The van der Waals surface area contributed by atoms with Crippen LogP contribution in [0, 0.1) is 0 Å². The lowest BCUT2D eigenvalue weighted by molar-refractivity contribution is 0.296. The Kier molecular flexibility index (Phi) is 6.68. The number of aromatic nitrogens is 2. The zero-order valence-electron chi connectivity index (χ0n) is 14.4. The summed E-state index contributed by atoms with van der Waals surface area (Å²) >= 11 is 1.60. The van der Waals surface area contributed by atoms with E-state index >= 15 is 0 Å². The van der Waals surface area contributed by atoms with Crippen LogP contribution < -0.4 is 0 Å². The van der Waals surface area contributed by atoms with E-state index in [-0.39, 0.29) is 11.5 Å². The number of aliphatic hydroxyl groups excluding tert-OH is 1. The fraction of sp³-hybridized carbons (Fsp3) is 0.562. The maximum Gasteiger partial charge on any atom is 0.242 e. The number of thioether (sulfide) groups is 1. The molecule has 0 aliphatic heterocycles. The third kappa shape index (κ3) is 4.11. The fourth-order valence-corrected chi connectivity index (χ4v) is 4.22. The van der Waals surface area contributed by atoms with E-state index in [0.29, 0.717) is 11.9 Å². The van der Waals surface area contributed by atoms with Crippen LogP contribution in [0.15, 0.2) is 28.3 Å². The Bertz CT molecular complexity index is 785. The summed E-state index contributed by atoms with van der Waals surface area (Å²) in [7, 11) is -0.419. The smallest absolute Gasteiger partial charge is 0.242 e. The Morgan fingerprint density at radius 1 is 1.29 bits per heavy atom. The molecule has 0 amide bonds. The molecule has 24 heavy (non-hydrogen) atoms. The van der Waals surface area contributed by atoms with Crippen molar-refractivity contribution in [2.45, 2.75) is 42.8 Å². The molecule has 8 heteroatoms. The number of aryl methyl sites for hydroxylation is 1. The van der Waals surface area contributed by atoms with Crippen molar-refractivity contribution in [3.05, 3.63) is 18.2 Å². The van der Waals surface area contributed by atoms with Gasteiger partial charge >= 0.3 is 0 Å². The highest BCUT2D eigenvalue weighted by atomic mass is 32.2. The van der Waals surface area contributed by atoms with Crippen molar-refractivity contribution in [1.29, 1.82) is 0 Å². The quantitative estimate of drug-likeness (QED) is 0.542. The summed E-state index contributed by atoms with van der Waals surface area (Å²) in [6.07, 6.45) is 2.83. The summed E-state index contributed by atoms with van der Waals surface area (Å²) in [5.74, 6) is 0.787. The van der Waals surface area contributed by atoms with E-state index in [1.54, 1.807) is 23.9 Å². The lowest BCUT2D eigenvalue weighted by Gasteiger charge is -2.11. The highest BCUT2D eigenvalue weighted by molar-refractivity contribution is 7.99. The van der Waals surface area contributed by atoms with Crippen LogP contribution in [-0.2, 0) is 16.6 Å². The van der Waals surface area contributed by atoms with Crippen LogP contribution in [-0.4, -0.2) is 53.8 Å². The van der Waals surface area contributed by atoms with Gasteiger partial charge in [0.05, 0.1) is 15.9 Å². The van der Waals surface area contributed by atoms with Gasteiger partial charge in [-0.05, 0) is 31.0 Å². The number of hydrogen-bond acceptors (Lipinski definition) is 5. The molecule has 2 aromatic rings. The van der Waals surface area contributed by atoms with E-state index < -0.39 is 10.0 Å². The molecule has 1 aromatic carbocycles. The number of nitrogens with zero attached hydrogens (tertiary/aromatic N) is 3. The van der Waals surface area contributed by atoms with Gasteiger partial charge in [0, 0.05) is 33.0 Å². The molecule has 0 saturated carbocycles. The van der Waals surface area contributed by atoms with Crippen molar-refractivity contribution in [3.63, 3.8) is 0 Å². The first-order valence-corrected chi connectivity index (χ1v) is 10.5. The normalized spacial score (nSPS) is 12.4. The van der Waals surface area contributed by atoms with Crippen molar-refractivity contribution in [1.82, 2.24) is 13.9 Å². The first-order chi connectivity index (χ1) is 11.4. The van der Waals surface area contributed by atoms with Gasteiger partial charge in [0.2, 0.25) is 10.0 Å². The molecule has 0 unspecified atom stereocenters. The third-order valence-electron chi connectivity index (χ3n) is 3.73. The number of benzene rings is 1. The van der Waals surface area contributed by atoms with Crippen molar-refractivity contribution in [3.8, 4) is 0 Å². The molecule has 1 aromatic heterocycles. The third-order valence-corrected chi connectivity index (χ3v) is 6.61. The Morgan fingerprint density at radius 3 is 2.67 bits per heavy atom. The summed E-state index contributed by atoms with van der Waals surface area (Å²) in [6, 6.07) is 5.12. The van der Waals surface area contributed by atoms with E-state index in [0.717, 1.165) is 35.8 Å². The van der Waals surface area contributed by atoms with Crippen molar-refractivity contribution < 1.29 is 13.5 Å². The molecule has 6 nitrogen and oxygen atoms in total. The second-order valence-electron chi connectivity index (χ2n) is 5.76. The molecule has 0 aliphatic carbocycles. The van der Waals surface area contributed by atoms with Gasteiger partial charge in [0.25, 0.3) is 0 Å². The molecular formula is C16H25N3O3S2. The number of imidazole rings is 1. The van der Waals surface area contributed by atoms with Crippen molar-refractivity contribution in [2.75, 3.05) is 26.5 Å². The van der Waals surface area contributed by atoms with Crippen LogP contribution in [0.3, 0.4) is 0 Å². The molecule has 1 heterocycles. The summed E-state index contributed by atoms with van der Waals surface area (Å²) < 4.78 is 28.0. The zero-order valence-corrected chi connectivity index (χ0v) is 16.0. The SMILES string of the molecule is CCCCn1c(SCCCO)nc2cc(S(=O)(=O)N(C)C)ccc21. The highest BCUT2D eigenvalue weighted by Gasteiger charge is 2.19. The molecule has 0 radical (unpaired) electrons. The lowest BCUT2D eigenvalue weighted by Crippen LogP contribution is -2.22. The summed E-state index contributed by atoms with van der Waals surface area (Å²) in [5, 5.41) is 9.84. The first-order valence-electron chi connectivity index (χ1n) is 8.08. The van der Waals surface area contributed by atoms with Crippen molar-refractivity contribution >= 4 is 32.8 Å². The van der Waals surface area contributed by atoms with Crippen LogP contribution in [0.5, 0.6) is 0 Å². The van der Waals surface area contributed by atoms with Crippen LogP contribution >= 0.6 is 11.8 Å². The number of aliphatic hydroxyl groups is 1. The molecular weight excluding hydrogens is 346 g/mol. The lowest BCUT2D eigenvalue weighted by atomic mass is 10.3. The van der Waals surface area contributed by atoms with E-state index in [1.165, 1.54) is 18.4 Å². The second kappa shape index (κ2) is 8.33. The number of unbranched alkanes of at least 4 members (excludes halogenated alkanes) is 1. The Labute approximate surface area is 147 Å². The van der Waals surface area contributed by atoms with Crippen LogP contribution in [0.25, 0.3) is 11.0 Å². The van der Waals surface area contributed by atoms with Gasteiger partial charge in [-0.1, -0.05) is 25.1 Å². The highest BCUT2D eigenvalue weighted by Crippen LogP contribution is 2.27.